The number of aliphatic imine (C=N–C) groups is 1. The van der Waals surface area contributed by atoms with E-state index in [1.165, 1.54) is 24.4 Å². The summed E-state index contributed by atoms with van der Waals surface area (Å²) >= 11 is 12.7. The van der Waals surface area contributed by atoms with Crippen molar-refractivity contribution in [2.75, 3.05) is 18.5 Å². The number of nitrogens with zero attached hydrogens (tertiary/aromatic N) is 2. The summed E-state index contributed by atoms with van der Waals surface area (Å²) < 4.78 is 51.0. The minimum Gasteiger partial charge on any atom is -0.395 e. The zero-order valence-electron chi connectivity index (χ0n) is 21.5. The predicted molar refractivity (Wildman–Crippen MR) is 149 cm³/mol. The number of rotatable bonds is 8. The topological polar surface area (TPSA) is 128 Å². The van der Waals surface area contributed by atoms with E-state index in [0.29, 0.717) is 23.5 Å². The SMILES string of the molecule is CCC1COC(CNC(=O)c2cc3ccccc3c(Cl)c2NC(=O)C(C=C(N)C(F)(F)F)=Nc2ncccc2Cl)O1. The van der Waals surface area contributed by atoms with E-state index in [-0.39, 0.29) is 39.8 Å². The van der Waals surface area contributed by atoms with Crippen molar-refractivity contribution in [1.82, 2.24) is 10.3 Å². The van der Waals surface area contributed by atoms with Gasteiger partial charge in [-0.25, -0.2) is 9.98 Å². The Morgan fingerprint density at radius 3 is 2.66 bits per heavy atom. The van der Waals surface area contributed by atoms with Crippen LogP contribution in [0.1, 0.15) is 23.7 Å². The van der Waals surface area contributed by atoms with Gasteiger partial charge in [0.05, 0.1) is 40.6 Å². The van der Waals surface area contributed by atoms with Gasteiger partial charge >= 0.3 is 6.18 Å². The molecule has 1 fully saturated rings. The molecule has 2 atom stereocenters. The highest BCUT2D eigenvalue weighted by Gasteiger charge is 2.33. The van der Waals surface area contributed by atoms with Gasteiger partial charge < -0.3 is 25.8 Å². The van der Waals surface area contributed by atoms with Crippen LogP contribution in [-0.2, 0) is 14.3 Å². The van der Waals surface area contributed by atoms with E-state index in [0.717, 1.165) is 6.42 Å². The van der Waals surface area contributed by atoms with Crippen molar-refractivity contribution in [2.45, 2.75) is 31.9 Å². The fourth-order valence-corrected chi connectivity index (χ4v) is 4.32. The second-order valence-electron chi connectivity index (χ2n) is 8.83. The highest BCUT2D eigenvalue weighted by atomic mass is 35.5. The fraction of sp³-hybridized carbons (Fsp3) is 0.259. The van der Waals surface area contributed by atoms with Crippen molar-refractivity contribution in [3.05, 3.63) is 76.0 Å². The molecule has 9 nitrogen and oxygen atoms in total. The molecule has 4 N–H and O–H groups in total. The van der Waals surface area contributed by atoms with Gasteiger partial charge in [-0.1, -0.05) is 54.4 Å². The molecule has 14 heteroatoms. The molecule has 3 aromatic rings. The lowest BCUT2D eigenvalue weighted by atomic mass is 10.0. The minimum absolute atomic E-state index is 0.00288. The molecular formula is C27H24Cl2F3N5O4. The van der Waals surface area contributed by atoms with E-state index in [1.54, 1.807) is 24.3 Å². The normalized spacial score (nSPS) is 18.0. The number of hydrogen-bond donors (Lipinski definition) is 3. The molecule has 1 aromatic heterocycles. The number of allylic oxidation sites excluding steroid dienone is 1. The smallest absolute Gasteiger partial charge is 0.395 e. The number of fused-ring (bicyclic) bond motifs is 1. The highest BCUT2D eigenvalue weighted by Crippen LogP contribution is 2.35. The Morgan fingerprint density at radius 1 is 1.22 bits per heavy atom. The van der Waals surface area contributed by atoms with Gasteiger partial charge in [-0.15, -0.1) is 0 Å². The quantitative estimate of drug-likeness (QED) is 0.288. The van der Waals surface area contributed by atoms with Crippen molar-refractivity contribution in [1.29, 1.82) is 0 Å². The first-order valence-electron chi connectivity index (χ1n) is 12.3. The van der Waals surface area contributed by atoms with Crippen LogP contribution in [0, 0.1) is 0 Å². The van der Waals surface area contributed by atoms with Gasteiger partial charge in [0.25, 0.3) is 11.8 Å². The molecule has 0 radical (unpaired) electrons. The van der Waals surface area contributed by atoms with Gasteiger partial charge in [-0.3, -0.25) is 9.59 Å². The number of amides is 2. The third-order valence-electron chi connectivity index (χ3n) is 5.98. The van der Waals surface area contributed by atoms with Crippen LogP contribution in [0.25, 0.3) is 10.8 Å². The number of aromatic nitrogens is 1. The Labute approximate surface area is 242 Å². The second-order valence-corrected chi connectivity index (χ2v) is 9.62. The number of nitrogens with one attached hydrogen (secondary N) is 2. The molecule has 2 unspecified atom stereocenters. The van der Waals surface area contributed by atoms with E-state index >= 15 is 0 Å². The van der Waals surface area contributed by atoms with Crippen LogP contribution in [0.3, 0.4) is 0 Å². The second kappa shape index (κ2) is 12.9. The molecule has 2 heterocycles. The average Bonchev–Trinajstić information content (AvgIpc) is 3.41. The lowest BCUT2D eigenvalue weighted by Gasteiger charge is -2.17. The molecule has 0 spiro atoms. The van der Waals surface area contributed by atoms with Gasteiger partial charge in [0.1, 0.15) is 11.4 Å². The molecule has 1 aliphatic heterocycles. The van der Waals surface area contributed by atoms with Crippen LogP contribution in [0.4, 0.5) is 24.7 Å². The molecule has 2 amide bonds. The molecule has 41 heavy (non-hydrogen) atoms. The molecule has 0 aliphatic carbocycles. The maximum absolute atomic E-state index is 13.4. The summed E-state index contributed by atoms with van der Waals surface area (Å²) in [5.41, 5.74) is 2.59. The number of benzene rings is 2. The Hall–Kier alpha value is -3.71. The van der Waals surface area contributed by atoms with Crippen molar-refractivity contribution in [2.24, 2.45) is 10.7 Å². The maximum atomic E-state index is 13.4. The van der Waals surface area contributed by atoms with Crippen LogP contribution in [0.5, 0.6) is 0 Å². The standard InChI is InChI=1S/C27H24Cl2F3N5O4/c1-2-15-13-40-21(41-15)12-35-25(38)17-10-14-6-3-4-7-16(14)22(29)23(17)37-26(39)19(11-20(33)27(30,31)32)36-24-18(28)8-5-9-34-24/h3-11,15,21H,2,12-13,33H2,1H3,(H,35,38)(H,37,39). The van der Waals surface area contributed by atoms with E-state index in [1.807, 2.05) is 6.92 Å². The first-order chi connectivity index (χ1) is 19.5. The molecule has 216 valence electrons. The Morgan fingerprint density at radius 2 is 1.98 bits per heavy atom. The summed E-state index contributed by atoms with van der Waals surface area (Å²) in [6, 6.07) is 11.2. The van der Waals surface area contributed by atoms with Gasteiger partial charge in [0.15, 0.2) is 12.1 Å². The number of anilines is 1. The summed E-state index contributed by atoms with van der Waals surface area (Å²) in [6.07, 6.45) is -3.35. The highest BCUT2D eigenvalue weighted by molar-refractivity contribution is 6.49. The molecule has 1 saturated heterocycles. The molecule has 1 aliphatic rings. The van der Waals surface area contributed by atoms with E-state index in [2.05, 4.69) is 20.6 Å². The van der Waals surface area contributed by atoms with E-state index in [4.69, 9.17) is 38.4 Å². The minimum atomic E-state index is -4.96. The molecule has 0 bridgehead atoms. The Balaban J connectivity index is 1.72. The van der Waals surface area contributed by atoms with Gasteiger partial charge in [0.2, 0.25) is 0 Å². The van der Waals surface area contributed by atoms with Gasteiger partial charge in [-0.2, -0.15) is 13.2 Å². The van der Waals surface area contributed by atoms with E-state index in [9.17, 15) is 22.8 Å². The number of carbonyl (C=O) groups is 2. The Kier molecular flexibility index (Phi) is 9.49. The van der Waals surface area contributed by atoms with Crippen molar-refractivity contribution in [3.63, 3.8) is 0 Å². The zero-order valence-corrected chi connectivity index (χ0v) is 23.0. The molecule has 2 aromatic carbocycles. The lowest BCUT2D eigenvalue weighted by Crippen LogP contribution is -2.34. The number of hydrogen-bond acceptors (Lipinski definition) is 7. The van der Waals surface area contributed by atoms with Crippen molar-refractivity contribution < 1.29 is 32.2 Å². The molecule has 4 rings (SSSR count). The van der Waals surface area contributed by atoms with Crippen LogP contribution in [0.2, 0.25) is 10.0 Å². The van der Waals surface area contributed by atoms with Crippen LogP contribution in [0.15, 0.2) is 65.4 Å². The average molecular weight is 610 g/mol. The third kappa shape index (κ3) is 7.33. The lowest BCUT2D eigenvalue weighted by molar-refractivity contribution is -0.110. The summed E-state index contributed by atoms with van der Waals surface area (Å²) in [5, 5.41) is 6.12. The van der Waals surface area contributed by atoms with Crippen molar-refractivity contribution >= 4 is 63.0 Å². The van der Waals surface area contributed by atoms with Crippen LogP contribution >= 0.6 is 23.2 Å². The number of ether oxygens (including phenoxy) is 2. The number of carbonyl (C=O) groups excluding carboxylic acids is 2. The third-order valence-corrected chi connectivity index (χ3v) is 6.67. The Bertz CT molecular complexity index is 1530. The maximum Gasteiger partial charge on any atom is 0.430 e. The summed E-state index contributed by atoms with van der Waals surface area (Å²) in [4.78, 5) is 34.5. The number of nitrogens with two attached hydrogens (primary N) is 1. The van der Waals surface area contributed by atoms with Crippen molar-refractivity contribution in [3.8, 4) is 0 Å². The van der Waals surface area contributed by atoms with Gasteiger partial charge in [0, 0.05) is 11.6 Å². The van der Waals surface area contributed by atoms with E-state index < -0.39 is 35.7 Å². The number of halogens is 5. The van der Waals surface area contributed by atoms with Crippen LogP contribution < -0.4 is 16.4 Å². The first kappa shape index (κ1) is 30.3. The van der Waals surface area contributed by atoms with Gasteiger partial charge in [-0.05, 0) is 36.1 Å². The summed E-state index contributed by atoms with van der Waals surface area (Å²) in [6.45, 7) is 2.33. The summed E-state index contributed by atoms with van der Waals surface area (Å²) in [7, 11) is 0. The summed E-state index contributed by atoms with van der Waals surface area (Å²) in [5.74, 6) is -2.02. The fourth-order valence-electron chi connectivity index (χ4n) is 3.83. The zero-order chi connectivity index (χ0) is 29.7. The molecular weight excluding hydrogens is 586 g/mol. The predicted octanol–water partition coefficient (Wildman–Crippen LogP) is 5.54. The largest absolute Gasteiger partial charge is 0.430 e. The molecule has 0 saturated carbocycles. The number of pyridine rings is 1. The monoisotopic (exact) mass is 609 g/mol. The van der Waals surface area contributed by atoms with Crippen LogP contribution in [-0.4, -0.2) is 54.2 Å². The number of alkyl halides is 3. The first-order valence-corrected chi connectivity index (χ1v) is 13.0.